The number of carbonyl (C=O) groups excluding carboxylic acids is 2. The fourth-order valence-electron chi connectivity index (χ4n) is 2.10. The number of pyridine rings is 1. The van der Waals surface area contributed by atoms with Crippen molar-refractivity contribution < 1.29 is 14.3 Å². The fraction of sp³-hybridized carbons (Fsp3) is 0.278. The molecule has 1 aromatic heterocycles. The number of nitrogens with zero attached hydrogens (tertiary/aromatic N) is 1. The van der Waals surface area contributed by atoms with E-state index in [1.807, 2.05) is 19.1 Å². The highest BCUT2D eigenvalue weighted by molar-refractivity contribution is 5.95. The summed E-state index contributed by atoms with van der Waals surface area (Å²) in [5, 5.41) is 5.92. The number of hydrogen-bond donors (Lipinski definition) is 2. The van der Waals surface area contributed by atoms with E-state index in [9.17, 15) is 9.59 Å². The number of anilines is 3. The van der Waals surface area contributed by atoms with Gasteiger partial charge in [-0.3, -0.25) is 4.79 Å². The molecular formula is C18H21N3O3. The lowest BCUT2D eigenvalue weighted by atomic mass is 10.2. The number of rotatable bonds is 7. The van der Waals surface area contributed by atoms with Gasteiger partial charge < -0.3 is 15.4 Å². The van der Waals surface area contributed by atoms with E-state index < -0.39 is 5.97 Å². The Hall–Kier alpha value is -2.89. The normalized spacial score (nSPS) is 10.1. The smallest absolute Gasteiger partial charge is 0.341 e. The highest BCUT2D eigenvalue weighted by Crippen LogP contribution is 2.21. The number of esters is 1. The molecule has 2 aromatic rings. The minimum Gasteiger partial charge on any atom is -0.462 e. The number of nitrogens with one attached hydrogen (secondary N) is 2. The Kier molecular flexibility index (Phi) is 6.31. The Morgan fingerprint density at radius 1 is 1.08 bits per heavy atom. The molecule has 0 aliphatic rings. The van der Waals surface area contributed by atoms with E-state index in [4.69, 9.17) is 4.74 Å². The summed E-state index contributed by atoms with van der Waals surface area (Å²) in [6.07, 6.45) is 2.91. The van der Waals surface area contributed by atoms with E-state index in [1.54, 1.807) is 37.4 Å². The standard InChI is InChI=1S/C18H21N3O3/c1-3-6-16(22)20-13-8-10-14(11-9-13)21-17-15(7-5-12-19-17)18(23)24-4-2/h5,7-12H,3-4,6H2,1-2H3,(H,19,21)(H,20,22). The first-order valence-electron chi connectivity index (χ1n) is 7.93. The van der Waals surface area contributed by atoms with Crippen LogP contribution in [-0.2, 0) is 9.53 Å². The van der Waals surface area contributed by atoms with E-state index >= 15 is 0 Å². The van der Waals surface area contributed by atoms with Crippen LogP contribution in [0.3, 0.4) is 0 Å². The van der Waals surface area contributed by atoms with Crippen molar-refractivity contribution in [2.24, 2.45) is 0 Å². The molecule has 0 aliphatic carbocycles. The number of benzene rings is 1. The van der Waals surface area contributed by atoms with E-state index in [-0.39, 0.29) is 5.91 Å². The number of ether oxygens (including phenoxy) is 1. The molecule has 2 N–H and O–H groups in total. The molecule has 0 bridgehead atoms. The van der Waals surface area contributed by atoms with Gasteiger partial charge in [-0.1, -0.05) is 6.92 Å². The molecule has 24 heavy (non-hydrogen) atoms. The molecule has 0 aliphatic heterocycles. The Labute approximate surface area is 141 Å². The summed E-state index contributed by atoms with van der Waals surface area (Å²) >= 11 is 0. The predicted octanol–water partition coefficient (Wildman–Crippen LogP) is 3.74. The maximum Gasteiger partial charge on any atom is 0.341 e. The first kappa shape index (κ1) is 17.5. The molecule has 6 nitrogen and oxygen atoms in total. The number of amides is 1. The number of aromatic nitrogens is 1. The minimum absolute atomic E-state index is 0.00691. The van der Waals surface area contributed by atoms with Gasteiger partial charge in [0.2, 0.25) is 5.91 Å². The van der Waals surface area contributed by atoms with Gasteiger partial charge >= 0.3 is 5.97 Å². The van der Waals surface area contributed by atoms with Gasteiger partial charge in [0.05, 0.1) is 6.61 Å². The molecule has 2 rings (SSSR count). The van der Waals surface area contributed by atoms with Crippen LogP contribution in [0.1, 0.15) is 37.0 Å². The Balaban J connectivity index is 2.09. The summed E-state index contributed by atoms with van der Waals surface area (Å²) in [6, 6.07) is 10.6. The SMILES string of the molecule is CCCC(=O)Nc1ccc(Nc2ncccc2C(=O)OCC)cc1. The molecule has 126 valence electrons. The number of carbonyl (C=O) groups is 2. The van der Waals surface area contributed by atoms with Gasteiger partial charge in [0, 0.05) is 24.0 Å². The average molecular weight is 327 g/mol. The van der Waals surface area contributed by atoms with Crippen molar-refractivity contribution in [1.29, 1.82) is 0 Å². The lowest BCUT2D eigenvalue weighted by molar-refractivity contribution is -0.116. The van der Waals surface area contributed by atoms with Crippen LogP contribution in [-0.4, -0.2) is 23.5 Å². The summed E-state index contributed by atoms with van der Waals surface area (Å²) in [7, 11) is 0. The van der Waals surface area contributed by atoms with E-state index in [2.05, 4.69) is 15.6 Å². The fourth-order valence-corrected chi connectivity index (χ4v) is 2.10. The van der Waals surface area contributed by atoms with Crippen molar-refractivity contribution in [3.05, 3.63) is 48.2 Å². The van der Waals surface area contributed by atoms with E-state index in [0.29, 0.717) is 24.4 Å². The largest absolute Gasteiger partial charge is 0.462 e. The van der Waals surface area contributed by atoms with Crippen LogP contribution in [0.25, 0.3) is 0 Å². The Morgan fingerprint density at radius 2 is 1.79 bits per heavy atom. The second-order valence-electron chi connectivity index (χ2n) is 5.12. The van der Waals surface area contributed by atoms with Crippen LogP contribution in [0.5, 0.6) is 0 Å². The van der Waals surface area contributed by atoms with Gasteiger partial charge in [0.15, 0.2) is 0 Å². The molecule has 6 heteroatoms. The quantitative estimate of drug-likeness (QED) is 0.757. The summed E-state index contributed by atoms with van der Waals surface area (Å²) in [4.78, 5) is 27.7. The molecule has 1 aromatic carbocycles. The van der Waals surface area contributed by atoms with Crippen LogP contribution in [0.4, 0.5) is 17.2 Å². The lowest BCUT2D eigenvalue weighted by Gasteiger charge is -2.11. The zero-order valence-corrected chi connectivity index (χ0v) is 13.8. The molecule has 0 unspecified atom stereocenters. The molecule has 0 radical (unpaired) electrons. The van der Waals surface area contributed by atoms with Crippen molar-refractivity contribution in [2.75, 3.05) is 17.2 Å². The Bertz CT molecular complexity index is 699. The molecule has 0 saturated heterocycles. The van der Waals surface area contributed by atoms with Crippen molar-refractivity contribution in [3.63, 3.8) is 0 Å². The van der Waals surface area contributed by atoms with Crippen molar-refractivity contribution in [2.45, 2.75) is 26.7 Å². The van der Waals surface area contributed by atoms with Crippen molar-refractivity contribution in [1.82, 2.24) is 4.98 Å². The molecule has 0 saturated carbocycles. The van der Waals surface area contributed by atoms with E-state index in [0.717, 1.165) is 17.8 Å². The zero-order valence-electron chi connectivity index (χ0n) is 13.8. The highest BCUT2D eigenvalue weighted by Gasteiger charge is 2.13. The summed E-state index contributed by atoms with van der Waals surface area (Å²) in [6.45, 7) is 4.02. The number of hydrogen-bond acceptors (Lipinski definition) is 5. The highest BCUT2D eigenvalue weighted by atomic mass is 16.5. The summed E-state index contributed by atoms with van der Waals surface area (Å²) in [5.41, 5.74) is 1.86. The van der Waals surface area contributed by atoms with Crippen LogP contribution >= 0.6 is 0 Å². The van der Waals surface area contributed by atoms with Gasteiger partial charge in [-0.2, -0.15) is 0 Å². The third-order valence-corrected chi connectivity index (χ3v) is 3.21. The molecular weight excluding hydrogens is 306 g/mol. The van der Waals surface area contributed by atoms with Crippen molar-refractivity contribution >= 4 is 29.1 Å². The van der Waals surface area contributed by atoms with Crippen molar-refractivity contribution in [3.8, 4) is 0 Å². The molecule has 0 spiro atoms. The molecule has 0 atom stereocenters. The third-order valence-electron chi connectivity index (χ3n) is 3.21. The zero-order chi connectivity index (χ0) is 17.4. The topological polar surface area (TPSA) is 80.3 Å². The summed E-state index contributed by atoms with van der Waals surface area (Å²) < 4.78 is 5.03. The van der Waals surface area contributed by atoms with Gasteiger partial charge in [0.1, 0.15) is 11.4 Å². The maximum absolute atomic E-state index is 11.9. The monoisotopic (exact) mass is 327 g/mol. The van der Waals surface area contributed by atoms with Crippen LogP contribution < -0.4 is 10.6 Å². The van der Waals surface area contributed by atoms with Crippen LogP contribution in [0.15, 0.2) is 42.6 Å². The van der Waals surface area contributed by atoms with E-state index in [1.165, 1.54) is 0 Å². The lowest BCUT2D eigenvalue weighted by Crippen LogP contribution is -2.10. The second kappa shape index (κ2) is 8.67. The summed E-state index contributed by atoms with van der Waals surface area (Å²) in [5.74, 6) is 0.00259. The van der Waals surface area contributed by atoms with Crippen LogP contribution in [0, 0.1) is 0 Å². The van der Waals surface area contributed by atoms with Gasteiger partial charge in [-0.25, -0.2) is 9.78 Å². The van der Waals surface area contributed by atoms with Crippen LogP contribution in [0.2, 0.25) is 0 Å². The minimum atomic E-state index is -0.420. The first-order valence-corrected chi connectivity index (χ1v) is 7.93. The Morgan fingerprint density at radius 3 is 2.46 bits per heavy atom. The molecule has 1 amide bonds. The predicted molar refractivity (Wildman–Crippen MR) is 93.5 cm³/mol. The third kappa shape index (κ3) is 4.81. The maximum atomic E-state index is 11.9. The second-order valence-corrected chi connectivity index (χ2v) is 5.12. The molecule has 1 heterocycles. The van der Waals surface area contributed by atoms with Gasteiger partial charge in [-0.05, 0) is 49.7 Å². The molecule has 0 fully saturated rings. The first-order chi connectivity index (χ1) is 11.6. The van der Waals surface area contributed by atoms with Gasteiger partial charge in [-0.15, -0.1) is 0 Å². The van der Waals surface area contributed by atoms with Gasteiger partial charge in [0.25, 0.3) is 0 Å². The average Bonchev–Trinajstić information content (AvgIpc) is 2.57.